The highest BCUT2D eigenvalue weighted by molar-refractivity contribution is 6.32. The second-order valence-electron chi connectivity index (χ2n) is 6.29. The summed E-state index contributed by atoms with van der Waals surface area (Å²) in [5, 5.41) is 4.96. The van der Waals surface area contributed by atoms with Crippen molar-refractivity contribution in [1.29, 1.82) is 0 Å². The highest BCUT2D eigenvalue weighted by atomic mass is 35.5. The molecule has 0 saturated heterocycles. The number of amides is 2. The van der Waals surface area contributed by atoms with Crippen LogP contribution in [-0.2, 0) is 15.8 Å². The SMILES string of the molecule is O=C(Nc1ccccc1)C(=Cc1cccnc1Cl)C(=O)Nc1cccc(C(F)(F)F)c1. The monoisotopic (exact) mass is 445 g/mol. The Bertz CT molecular complexity index is 1130. The van der Waals surface area contributed by atoms with Crippen molar-refractivity contribution < 1.29 is 22.8 Å². The molecule has 3 rings (SSSR count). The van der Waals surface area contributed by atoms with Gasteiger partial charge in [0.25, 0.3) is 11.8 Å². The van der Waals surface area contributed by atoms with Crippen LogP contribution >= 0.6 is 11.6 Å². The fraction of sp³-hybridized carbons (Fsp3) is 0.0455. The lowest BCUT2D eigenvalue weighted by atomic mass is 10.1. The summed E-state index contributed by atoms with van der Waals surface area (Å²) >= 11 is 6.02. The van der Waals surface area contributed by atoms with Gasteiger partial charge in [0.15, 0.2) is 0 Å². The minimum absolute atomic E-state index is 0.0550. The molecule has 3 aromatic rings. The Labute approximate surface area is 180 Å². The van der Waals surface area contributed by atoms with Gasteiger partial charge in [-0.3, -0.25) is 9.59 Å². The molecule has 2 amide bonds. The molecule has 2 N–H and O–H groups in total. The number of nitrogens with zero attached hydrogens (tertiary/aromatic N) is 1. The summed E-state index contributed by atoms with van der Waals surface area (Å²) < 4.78 is 38.9. The van der Waals surface area contributed by atoms with Gasteiger partial charge in [-0.15, -0.1) is 0 Å². The van der Waals surface area contributed by atoms with E-state index in [1.807, 2.05) is 0 Å². The molecule has 0 bridgehead atoms. The summed E-state index contributed by atoms with van der Waals surface area (Å²) in [6.45, 7) is 0. The van der Waals surface area contributed by atoms with E-state index in [1.165, 1.54) is 18.3 Å². The smallest absolute Gasteiger partial charge is 0.322 e. The zero-order valence-electron chi connectivity index (χ0n) is 15.8. The first kappa shape index (κ1) is 22.0. The van der Waals surface area contributed by atoms with E-state index in [-0.39, 0.29) is 16.4 Å². The zero-order valence-corrected chi connectivity index (χ0v) is 16.5. The highest BCUT2D eigenvalue weighted by Gasteiger charge is 2.30. The van der Waals surface area contributed by atoms with Crippen LogP contribution in [0.2, 0.25) is 5.15 Å². The number of hydrogen-bond donors (Lipinski definition) is 2. The lowest BCUT2D eigenvalue weighted by Gasteiger charge is -2.12. The number of alkyl halides is 3. The number of carbonyl (C=O) groups is 2. The van der Waals surface area contributed by atoms with Crippen molar-refractivity contribution in [2.24, 2.45) is 0 Å². The fourth-order valence-corrected chi connectivity index (χ4v) is 2.76. The van der Waals surface area contributed by atoms with Gasteiger partial charge < -0.3 is 10.6 Å². The van der Waals surface area contributed by atoms with Gasteiger partial charge in [0, 0.05) is 23.1 Å². The number of para-hydroxylation sites is 1. The molecular weight excluding hydrogens is 431 g/mol. The molecule has 1 heterocycles. The van der Waals surface area contributed by atoms with E-state index in [4.69, 9.17) is 11.6 Å². The molecule has 0 fully saturated rings. The minimum atomic E-state index is -4.58. The number of nitrogens with one attached hydrogen (secondary N) is 2. The van der Waals surface area contributed by atoms with Crippen molar-refractivity contribution in [3.8, 4) is 0 Å². The van der Waals surface area contributed by atoms with E-state index in [0.29, 0.717) is 11.3 Å². The predicted molar refractivity (Wildman–Crippen MR) is 112 cm³/mol. The van der Waals surface area contributed by atoms with Crippen LogP contribution in [0.1, 0.15) is 11.1 Å². The van der Waals surface area contributed by atoms with Crippen molar-refractivity contribution in [3.05, 3.63) is 94.8 Å². The highest BCUT2D eigenvalue weighted by Crippen LogP contribution is 2.30. The number of pyridine rings is 1. The summed E-state index contributed by atoms with van der Waals surface area (Å²) in [6.07, 6.45) is -1.92. The Morgan fingerprint density at radius 3 is 2.16 bits per heavy atom. The fourth-order valence-electron chi connectivity index (χ4n) is 2.59. The lowest BCUT2D eigenvalue weighted by molar-refractivity contribution is -0.137. The van der Waals surface area contributed by atoms with E-state index in [2.05, 4.69) is 15.6 Å². The maximum absolute atomic E-state index is 13.0. The summed E-state index contributed by atoms with van der Waals surface area (Å²) in [7, 11) is 0. The van der Waals surface area contributed by atoms with Gasteiger partial charge >= 0.3 is 6.18 Å². The minimum Gasteiger partial charge on any atom is -0.322 e. The summed E-state index contributed by atoms with van der Waals surface area (Å²) in [5.41, 5.74) is -0.685. The number of rotatable bonds is 5. The quantitative estimate of drug-likeness (QED) is 0.238. The largest absolute Gasteiger partial charge is 0.416 e. The molecule has 0 aliphatic rings. The van der Waals surface area contributed by atoms with E-state index in [0.717, 1.165) is 18.2 Å². The first-order chi connectivity index (χ1) is 14.7. The van der Waals surface area contributed by atoms with Crippen LogP contribution < -0.4 is 10.6 Å². The Kier molecular flexibility index (Phi) is 6.71. The lowest BCUT2D eigenvalue weighted by Crippen LogP contribution is -2.25. The average Bonchev–Trinajstić information content (AvgIpc) is 2.73. The number of aromatic nitrogens is 1. The van der Waals surface area contributed by atoms with Crippen molar-refractivity contribution in [2.45, 2.75) is 6.18 Å². The first-order valence-corrected chi connectivity index (χ1v) is 9.29. The molecule has 1 aromatic heterocycles. The molecule has 5 nitrogen and oxygen atoms in total. The first-order valence-electron chi connectivity index (χ1n) is 8.91. The van der Waals surface area contributed by atoms with Crippen LogP contribution in [0.25, 0.3) is 6.08 Å². The molecule has 0 radical (unpaired) electrons. The molecule has 0 saturated carbocycles. The number of hydrogen-bond acceptors (Lipinski definition) is 3. The van der Waals surface area contributed by atoms with Crippen LogP contribution in [0.15, 0.2) is 78.5 Å². The second-order valence-corrected chi connectivity index (χ2v) is 6.65. The predicted octanol–water partition coefficient (Wildman–Crippen LogP) is 5.41. The van der Waals surface area contributed by atoms with Gasteiger partial charge in [-0.1, -0.05) is 41.9 Å². The van der Waals surface area contributed by atoms with Crippen LogP contribution in [0.5, 0.6) is 0 Å². The van der Waals surface area contributed by atoms with Crippen molar-refractivity contribution in [1.82, 2.24) is 4.98 Å². The van der Waals surface area contributed by atoms with Gasteiger partial charge in [0.1, 0.15) is 10.7 Å². The number of benzene rings is 2. The van der Waals surface area contributed by atoms with Crippen LogP contribution in [0.4, 0.5) is 24.5 Å². The Morgan fingerprint density at radius 2 is 1.52 bits per heavy atom. The van der Waals surface area contributed by atoms with E-state index < -0.39 is 23.6 Å². The van der Waals surface area contributed by atoms with Gasteiger partial charge in [-0.05, 0) is 42.5 Å². The molecular formula is C22H15ClF3N3O2. The number of carbonyl (C=O) groups excluding carboxylic acids is 2. The van der Waals surface area contributed by atoms with Crippen LogP contribution in [0, 0.1) is 0 Å². The average molecular weight is 446 g/mol. The standard InChI is InChI=1S/C22H15ClF3N3O2/c23-19-14(6-5-11-27-19)12-18(20(30)28-16-8-2-1-3-9-16)21(31)29-17-10-4-7-15(13-17)22(24,25)26/h1-13H,(H,28,30)(H,29,31). The van der Waals surface area contributed by atoms with Crippen LogP contribution in [0.3, 0.4) is 0 Å². The van der Waals surface area contributed by atoms with Crippen molar-refractivity contribution in [2.75, 3.05) is 10.6 Å². The topological polar surface area (TPSA) is 71.1 Å². The van der Waals surface area contributed by atoms with Gasteiger partial charge in [0.2, 0.25) is 0 Å². The van der Waals surface area contributed by atoms with Crippen LogP contribution in [-0.4, -0.2) is 16.8 Å². The summed E-state index contributed by atoms with van der Waals surface area (Å²) in [5.74, 6) is -1.68. The van der Waals surface area contributed by atoms with Gasteiger partial charge in [-0.25, -0.2) is 4.98 Å². The van der Waals surface area contributed by atoms with Crippen molar-refractivity contribution in [3.63, 3.8) is 0 Å². The zero-order chi connectivity index (χ0) is 22.4. The van der Waals surface area contributed by atoms with E-state index in [9.17, 15) is 22.8 Å². The third kappa shape index (κ3) is 5.93. The normalized spacial score (nSPS) is 11.7. The Morgan fingerprint density at radius 1 is 0.871 bits per heavy atom. The molecule has 0 unspecified atom stereocenters. The molecule has 0 spiro atoms. The van der Waals surface area contributed by atoms with Gasteiger partial charge in [0.05, 0.1) is 5.56 Å². The molecule has 0 atom stereocenters. The molecule has 0 aliphatic heterocycles. The van der Waals surface area contributed by atoms with E-state index in [1.54, 1.807) is 42.5 Å². The Balaban J connectivity index is 1.93. The third-order valence-electron chi connectivity index (χ3n) is 4.06. The second kappa shape index (κ2) is 9.44. The molecule has 2 aromatic carbocycles. The Hall–Kier alpha value is -3.65. The third-order valence-corrected chi connectivity index (χ3v) is 4.37. The maximum Gasteiger partial charge on any atom is 0.416 e. The maximum atomic E-state index is 13.0. The number of anilines is 2. The molecule has 31 heavy (non-hydrogen) atoms. The van der Waals surface area contributed by atoms with Crippen molar-refractivity contribution >= 4 is 40.9 Å². The molecule has 9 heteroatoms. The van der Waals surface area contributed by atoms with E-state index >= 15 is 0 Å². The summed E-state index contributed by atoms with van der Waals surface area (Å²) in [6, 6.07) is 15.6. The molecule has 0 aliphatic carbocycles. The molecule has 158 valence electrons. The van der Waals surface area contributed by atoms with Gasteiger partial charge in [-0.2, -0.15) is 13.2 Å². The number of halogens is 4. The summed E-state index contributed by atoms with van der Waals surface area (Å²) in [4.78, 5) is 29.5.